The van der Waals surface area contributed by atoms with Gasteiger partial charge in [0.25, 0.3) is 5.91 Å². The lowest BCUT2D eigenvalue weighted by Crippen LogP contribution is -2.48. The lowest BCUT2D eigenvalue weighted by Gasteiger charge is -2.39. The molecule has 0 atom stereocenters. The van der Waals surface area contributed by atoms with Crippen molar-refractivity contribution in [3.8, 4) is 11.3 Å². The van der Waals surface area contributed by atoms with Crippen molar-refractivity contribution in [1.29, 1.82) is 0 Å². The smallest absolute Gasteiger partial charge is 0.268 e. The standard InChI is InChI=1S/C24H24ClN7O/c1-14-6-5-9-16(18(14)25)19-17-20(21(26)33)28-23(29-22(17)31-30-19)32-12-10-24(27,11-13-32)15-7-3-2-4-8-15/h2-9H,10-13,27H2,1H3,(H2,26,33)(H,28,29,30,31). The van der Waals surface area contributed by atoms with E-state index in [2.05, 4.69) is 32.3 Å². The number of hydrogen-bond acceptors (Lipinski definition) is 6. The molecule has 5 rings (SSSR count). The predicted octanol–water partition coefficient (Wildman–Crippen LogP) is 3.54. The maximum Gasteiger partial charge on any atom is 0.268 e. The summed E-state index contributed by atoms with van der Waals surface area (Å²) in [4.78, 5) is 23.6. The van der Waals surface area contributed by atoms with Crippen molar-refractivity contribution in [1.82, 2.24) is 20.2 Å². The Kier molecular flexibility index (Phi) is 5.26. The van der Waals surface area contributed by atoms with Gasteiger partial charge in [-0.1, -0.05) is 60.1 Å². The van der Waals surface area contributed by atoms with Gasteiger partial charge in [-0.2, -0.15) is 10.1 Å². The number of rotatable bonds is 4. The fraction of sp³-hybridized carbons (Fsp3) is 0.250. The Labute approximate surface area is 196 Å². The van der Waals surface area contributed by atoms with Gasteiger partial charge in [0, 0.05) is 24.2 Å². The molecule has 8 nitrogen and oxygen atoms in total. The second-order valence-electron chi connectivity index (χ2n) is 8.48. The summed E-state index contributed by atoms with van der Waals surface area (Å²) < 4.78 is 0. The Morgan fingerprint density at radius 1 is 1.09 bits per heavy atom. The van der Waals surface area contributed by atoms with E-state index in [0.29, 0.717) is 46.4 Å². The first-order valence-corrected chi connectivity index (χ1v) is 11.2. The highest BCUT2D eigenvalue weighted by Crippen LogP contribution is 2.36. The monoisotopic (exact) mass is 461 g/mol. The molecule has 2 aromatic heterocycles. The number of H-pyrrole nitrogens is 1. The van der Waals surface area contributed by atoms with E-state index < -0.39 is 11.4 Å². The highest BCUT2D eigenvalue weighted by atomic mass is 35.5. The van der Waals surface area contributed by atoms with Crippen LogP contribution in [0.5, 0.6) is 0 Å². The molecule has 2 aromatic carbocycles. The van der Waals surface area contributed by atoms with Crippen LogP contribution in [0.3, 0.4) is 0 Å². The zero-order valence-corrected chi connectivity index (χ0v) is 18.9. The van der Waals surface area contributed by atoms with Gasteiger partial charge in [0.15, 0.2) is 5.65 Å². The molecule has 0 saturated carbocycles. The zero-order valence-electron chi connectivity index (χ0n) is 18.2. The minimum Gasteiger partial charge on any atom is -0.364 e. The number of primary amides is 1. The van der Waals surface area contributed by atoms with Gasteiger partial charge in [-0.05, 0) is 30.9 Å². The van der Waals surface area contributed by atoms with Gasteiger partial charge in [0.05, 0.1) is 10.4 Å². The molecule has 0 aliphatic carbocycles. The van der Waals surface area contributed by atoms with Gasteiger partial charge < -0.3 is 16.4 Å². The van der Waals surface area contributed by atoms with Crippen LogP contribution in [0.2, 0.25) is 5.02 Å². The van der Waals surface area contributed by atoms with Crippen molar-refractivity contribution in [3.63, 3.8) is 0 Å². The summed E-state index contributed by atoms with van der Waals surface area (Å²) >= 11 is 6.52. The first-order valence-electron chi connectivity index (χ1n) is 10.8. The molecule has 1 amide bonds. The predicted molar refractivity (Wildman–Crippen MR) is 129 cm³/mol. The molecule has 0 bridgehead atoms. The summed E-state index contributed by atoms with van der Waals surface area (Å²) in [5.41, 5.74) is 15.8. The van der Waals surface area contributed by atoms with E-state index in [0.717, 1.165) is 24.0 Å². The van der Waals surface area contributed by atoms with Crippen molar-refractivity contribution in [3.05, 3.63) is 70.4 Å². The normalized spacial score (nSPS) is 15.7. The summed E-state index contributed by atoms with van der Waals surface area (Å²) in [6.45, 7) is 3.22. The number of nitrogens with two attached hydrogens (primary N) is 2. The average Bonchev–Trinajstić information content (AvgIpc) is 3.25. The van der Waals surface area contributed by atoms with Gasteiger partial charge in [0.1, 0.15) is 11.4 Å². The minimum absolute atomic E-state index is 0.115. The van der Waals surface area contributed by atoms with E-state index in [-0.39, 0.29) is 5.69 Å². The molecule has 1 aliphatic heterocycles. The number of halogens is 1. The number of anilines is 1. The molecule has 1 saturated heterocycles. The molecular formula is C24H24ClN7O. The molecule has 4 aromatic rings. The van der Waals surface area contributed by atoms with Crippen LogP contribution in [0.1, 0.15) is 34.5 Å². The van der Waals surface area contributed by atoms with Crippen molar-refractivity contribution in [2.45, 2.75) is 25.3 Å². The summed E-state index contributed by atoms with van der Waals surface area (Å²) in [6.07, 6.45) is 1.47. The molecular weight excluding hydrogens is 438 g/mol. The van der Waals surface area contributed by atoms with Gasteiger partial charge in [-0.25, -0.2) is 4.98 Å². The first-order chi connectivity index (χ1) is 15.9. The molecule has 33 heavy (non-hydrogen) atoms. The molecule has 3 heterocycles. The van der Waals surface area contributed by atoms with Gasteiger partial charge in [-0.3, -0.25) is 9.89 Å². The number of nitrogens with one attached hydrogen (secondary N) is 1. The van der Waals surface area contributed by atoms with Crippen molar-refractivity contribution in [2.24, 2.45) is 11.5 Å². The van der Waals surface area contributed by atoms with Crippen LogP contribution in [-0.4, -0.2) is 39.2 Å². The van der Waals surface area contributed by atoms with E-state index in [1.165, 1.54) is 0 Å². The number of aryl methyl sites for hydroxylation is 1. The number of amides is 1. The Balaban J connectivity index is 1.51. The number of carbonyl (C=O) groups is 1. The summed E-state index contributed by atoms with van der Waals surface area (Å²) in [6, 6.07) is 15.8. The molecule has 1 fully saturated rings. The topological polar surface area (TPSA) is 127 Å². The summed E-state index contributed by atoms with van der Waals surface area (Å²) in [5.74, 6) is -0.221. The first kappa shape index (κ1) is 21.4. The molecule has 1 aliphatic rings. The molecule has 0 unspecified atom stereocenters. The van der Waals surface area contributed by atoms with Crippen LogP contribution in [-0.2, 0) is 5.54 Å². The number of hydrogen-bond donors (Lipinski definition) is 3. The highest BCUT2D eigenvalue weighted by molar-refractivity contribution is 6.34. The second-order valence-corrected chi connectivity index (χ2v) is 8.86. The zero-order chi connectivity index (χ0) is 23.2. The fourth-order valence-electron chi connectivity index (χ4n) is 4.43. The van der Waals surface area contributed by atoms with E-state index in [1.807, 2.05) is 48.2 Å². The summed E-state index contributed by atoms with van der Waals surface area (Å²) in [7, 11) is 0. The number of aromatic amines is 1. The van der Waals surface area contributed by atoms with E-state index >= 15 is 0 Å². The average molecular weight is 462 g/mol. The molecule has 0 spiro atoms. The van der Waals surface area contributed by atoms with E-state index in [9.17, 15) is 4.79 Å². The van der Waals surface area contributed by atoms with Crippen LogP contribution in [0, 0.1) is 6.92 Å². The lowest BCUT2D eigenvalue weighted by molar-refractivity contribution is 0.0997. The maximum absolute atomic E-state index is 12.4. The van der Waals surface area contributed by atoms with Crippen molar-refractivity contribution < 1.29 is 4.79 Å². The number of nitrogens with zero attached hydrogens (tertiary/aromatic N) is 4. The maximum atomic E-state index is 12.4. The third kappa shape index (κ3) is 3.71. The number of fused-ring (bicyclic) bond motifs is 1. The van der Waals surface area contributed by atoms with Crippen molar-refractivity contribution in [2.75, 3.05) is 18.0 Å². The molecule has 5 N–H and O–H groups in total. The largest absolute Gasteiger partial charge is 0.364 e. The van der Waals surface area contributed by atoms with Gasteiger partial charge >= 0.3 is 0 Å². The van der Waals surface area contributed by atoms with Crippen molar-refractivity contribution >= 4 is 34.5 Å². The van der Waals surface area contributed by atoms with E-state index in [1.54, 1.807) is 0 Å². The number of carbonyl (C=O) groups excluding carboxylic acids is 1. The van der Waals surface area contributed by atoms with Crippen LogP contribution >= 0.6 is 11.6 Å². The van der Waals surface area contributed by atoms with Crippen LogP contribution in [0.4, 0.5) is 5.95 Å². The second kappa shape index (κ2) is 8.13. The highest BCUT2D eigenvalue weighted by Gasteiger charge is 2.34. The molecule has 168 valence electrons. The van der Waals surface area contributed by atoms with Crippen LogP contribution < -0.4 is 16.4 Å². The molecule has 0 radical (unpaired) electrons. The number of benzene rings is 2. The Morgan fingerprint density at radius 2 is 1.82 bits per heavy atom. The van der Waals surface area contributed by atoms with Gasteiger partial charge in [-0.15, -0.1) is 0 Å². The van der Waals surface area contributed by atoms with Gasteiger partial charge in [0.2, 0.25) is 5.95 Å². The molecule has 9 heteroatoms. The number of aromatic nitrogens is 4. The number of piperidine rings is 1. The van der Waals surface area contributed by atoms with Crippen LogP contribution in [0.25, 0.3) is 22.3 Å². The van der Waals surface area contributed by atoms with E-state index in [4.69, 9.17) is 23.1 Å². The SMILES string of the molecule is Cc1cccc(-c2n[nH]c3nc(N4CCC(N)(c5ccccc5)CC4)nc(C(N)=O)c23)c1Cl. The lowest BCUT2D eigenvalue weighted by atomic mass is 9.82. The minimum atomic E-state index is -0.649. The fourth-order valence-corrected chi connectivity index (χ4v) is 4.64. The Morgan fingerprint density at radius 3 is 2.52 bits per heavy atom. The van der Waals surface area contributed by atoms with Crippen LogP contribution in [0.15, 0.2) is 48.5 Å². The third-order valence-corrected chi connectivity index (χ3v) is 6.88. The Hall–Kier alpha value is -3.49. The quantitative estimate of drug-likeness (QED) is 0.426. The summed E-state index contributed by atoms with van der Waals surface area (Å²) in [5, 5.41) is 8.36. The third-order valence-electron chi connectivity index (χ3n) is 6.38. The Bertz CT molecular complexity index is 1340.